The Morgan fingerprint density at radius 2 is 1.94 bits per heavy atom. The lowest BCUT2D eigenvalue weighted by Crippen LogP contribution is -2.49. The van der Waals surface area contributed by atoms with Gasteiger partial charge in [0.1, 0.15) is 6.54 Å². The number of pyridine rings is 1. The number of aryl methyl sites for hydroxylation is 2. The zero-order valence-electron chi connectivity index (χ0n) is 20.0. The van der Waals surface area contributed by atoms with Crippen LogP contribution in [-0.2, 0) is 24.9 Å². The lowest BCUT2D eigenvalue weighted by atomic mass is 10.1. The Labute approximate surface area is 215 Å². The number of piperazine rings is 1. The molecule has 3 aromatic heterocycles. The molecule has 1 saturated heterocycles. The summed E-state index contributed by atoms with van der Waals surface area (Å²) in [5.41, 5.74) is 2.78. The number of hydrogen-bond donors (Lipinski definition) is 0. The molecule has 0 spiro atoms. The van der Waals surface area contributed by atoms with Gasteiger partial charge in [-0.3, -0.25) is 14.4 Å². The van der Waals surface area contributed by atoms with Gasteiger partial charge in [0.15, 0.2) is 5.65 Å². The molecule has 1 amide bonds. The Bertz CT molecular complexity index is 1410. The molecule has 11 heteroatoms. The monoisotopic (exact) mass is 557 g/mol. The van der Waals surface area contributed by atoms with Crippen molar-refractivity contribution in [1.82, 2.24) is 34.3 Å². The van der Waals surface area contributed by atoms with Crippen LogP contribution in [0.5, 0.6) is 0 Å². The lowest BCUT2D eigenvalue weighted by Gasteiger charge is -2.34. The Morgan fingerprint density at radius 3 is 2.61 bits per heavy atom. The fourth-order valence-electron chi connectivity index (χ4n) is 4.65. The molecule has 0 aliphatic carbocycles. The van der Waals surface area contributed by atoms with Gasteiger partial charge in [0.05, 0.1) is 23.0 Å². The molecule has 1 fully saturated rings. The van der Waals surface area contributed by atoms with Crippen molar-refractivity contribution in [3.63, 3.8) is 0 Å². The first-order chi connectivity index (χ1) is 17.3. The topological polar surface area (TPSA) is 72.1 Å². The summed E-state index contributed by atoms with van der Waals surface area (Å²) < 4.78 is 32.1. The number of aromatic nitrogens is 5. The third-order valence-electron chi connectivity index (χ3n) is 6.45. The molecule has 1 aliphatic heterocycles. The SMILES string of the molecule is Cc1nn(CC(=O)N2CCN(Cc3cccc(Br)c3)CC2)c2nc(-c3cnn(C)c3)cc(C(F)F)c12. The maximum atomic E-state index is 14.0. The number of nitrogens with zero attached hydrogens (tertiary/aromatic N) is 7. The second-order valence-corrected chi connectivity index (χ2v) is 9.94. The summed E-state index contributed by atoms with van der Waals surface area (Å²) >= 11 is 3.51. The van der Waals surface area contributed by atoms with Crippen LogP contribution in [0, 0.1) is 6.92 Å². The van der Waals surface area contributed by atoms with Gasteiger partial charge in [-0.1, -0.05) is 28.1 Å². The molecule has 4 aromatic rings. The highest BCUT2D eigenvalue weighted by Gasteiger charge is 2.25. The molecule has 4 heterocycles. The Kier molecular flexibility index (Phi) is 6.85. The van der Waals surface area contributed by atoms with Crippen LogP contribution in [0.4, 0.5) is 8.78 Å². The normalized spacial score (nSPS) is 14.8. The zero-order valence-corrected chi connectivity index (χ0v) is 21.6. The molecule has 8 nitrogen and oxygen atoms in total. The summed E-state index contributed by atoms with van der Waals surface area (Å²) in [7, 11) is 1.75. The predicted octanol–water partition coefficient (Wildman–Crippen LogP) is 4.18. The van der Waals surface area contributed by atoms with Gasteiger partial charge in [-0.05, 0) is 30.7 Å². The predicted molar refractivity (Wildman–Crippen MR) is 135 cm³/mol. The molecule has 0 N–H and O–H groups in total. The van der Waals surface area contributed by atoms with Gasteiger partial charge in [-0.15, -0.1) is 0 Å². The van der Waals surface area contributed by atoms with E-state index >= 15 is 0 Å². The number of carbonyl (C=O) groups excluding carboxylic acids is 1. The maximum Gasteiger partial charge on any atom is 0.264 e. The zero-order chi connectivity index (χ0) is 25.4. The van der Waals surface area contributed by atoms with Crippen LogP contribution >= 0.6 is 15.9 Å². The van der Waals surface area contributed by atoms with Crippen LogP contribution in [0.2, 0.25) is 0 Å². The van der Waals surface area contributed by atoms with Crippen LogP contribution in [0.3, 0.4) is 0 Å². The standard InChI is InChI=1S/C25H26BrF2N7O/c1-16-23-20(24(27)28)11-21(18-12-29-32(2)14-18)30-25(23)35(31-16)15-22(36)34-8-6-33(7-9-34)13-17-4-3-5-19(26)10-17/h3-5,10-12,14,24H,6-9,13,15H2,1-2H3. The molecular formula is C25H26BrF2N7O. The van der Waals surface area contributed by atoms with Crippen LogP contribution in [0.15, 0.2) is 47.2 Å². The average molecular weight is 558 g/mol. The molecule has 0 radical (unpaired) electrons. The molecular weight excluding hydrogens is 532 g/mol. The van der Waals surface area contributed by atoms with Crippen molar-refractivity contribution in [2.45, 2.75) is 26.4 Å². The van der Waals surface area contributed by atoms with Gasteiger partial charge in [0.25, 0.3) is 6.43 Å². The van der Waals surface area contributed by atoms with Crippen molar-refractivity contribution in [3.8, 4) is 11.3 Å². The quantitative estimate of drug-likeness (QED) is 0.355. The minimum atomic E-state index is -2.70. The van der Waals surface area contributed by atoms with Crippen molar-refractivity contribution >= 4 is 32.9 Å². The summed E-state index contributed by atoms with van der Waals surface area (Å²) in [6, 6.07) is 9.59. The van der Waals surface area contributed by atoms with E-state index in [9.17, 15) is 13.6 Å². The molecule has 188 valence electrons. The van der Waals surface area contributed by atoms with Gasteiger partial charge in [-0.2, -0.15) is 10.2 Å². The highest BCUT2D eigenvalue weighted by atomic mass is 79.9. The third kappa shape index (κ3) is 5.03. The van der Waals surface area contributed by atoms with Crippen molar-refractivity contribution in [1.29, 1.82) is 0 Å². The van der Waals surface area contributed by atoms with E-state index in [1.807, 2.05) is 12.1 Å². The van der Waals surface area contributed by atoms with Crippen molar-refractivity contribution in [2.24, 2.45) is 7.05 Å². The number of benzene rings is 1. The molecule has 0 bridgehead atoms. The van der Waals surface area contributed by atoms with Gasteiger partial charge < -0.3 is 4.90 Å². The minimum absolute atomic E-state index is 0.0534. The van der Waals surface area contributed by atoms with E-state index in [1.54, 1.807) is 35.9 Å². The molecule has 1 aliphatic rings. The Balaban J connectivity index is 1.34. The minimum Gasteiger partial charge on any atom is -0.339 e. The van der Waals surface area contributed by atoms with E-state index in [1.165, 1.54) is 16.3 Å². The Hall–Kier alpha value is -3.18. The molecule has 1 aromatic carbocycles. The molecule has 36 heavy (non-hydrogen) atoms. The van der Waals surface area contributed by atoms with Gasteiger partial charge in [0, 0.05) is 61.6 Å². The van der Waals surface area contributed by atoms with Gasteiger partial charge in [0.2, 0.25) is 5.91 Å². The smallest absolute Gasteiger partial charge is 0.264 e. The summed E-state index contributed by atoms with van der Waals surface area (Å²) in [5.74, 6) is -0.103. The number of hydrogen-bond acceptors (Lipinski definition) is 5. The first-order valence-corrected chi connectivity index (χ1v) is 12.5. The van der Waals surface area contributed by atoms with Crippen LogP contribution in [0.25, 0.3) is 22.3 Å². The first-order valence-electron chi connectivity index (χ1n) is 11.7. The van der Waals surface area contributed by atoms with Crippen LogP contribution < -0.4 is 0 Å². The second-order valence-electron chi connectivity index (χ2n) is 9.03. The van der Waals surface area contributed by atoms with Crippen molar-refractivity contribution < 1.29 is 13.6 Å². The Morgan fingerprint density at radius 1 is 1.17 bits per heavy atom. The summed E-state index contributed by atoms with van der Waals surface area (Å²) in [5, 5.41) is 8.84. The van der Waals surface area contributed by atoms with Crippen LogP contribution in [-0.4, -0.2) is 66.4 Å². The van der Waals surface area contributed by atoms with Crippen molar-refractivity contribution in [3.05, 3.63) is 64.0 Å². The molecule has 0 saturated carbocycles. The van der Waals surface area contributed by atoms with Gasteiger partial charge >= 0.3 is 0 Å². The highest BCUT2D eigenvalue weighted by molar-refractivity contribution is 9.10. The summed E-state index contributed by atoms with van der Waals surface area (Å²) in [4.78, 5) is 21.9. The first kappa shape index (κ1) is 24.5. The number of alkyl halides is 2. The van der Waals surface area contributed by atoms with Crippen LogP contribution in [0.1, 0.15) is 23.2 Å². The number of rotatable bonds is 6. The summed E-state index contributed by atoms with van der Waals surface area (Å²) in [6.45, 7) is 5.15. The number of carbonyl (C=O) groups is 1. The van der Waals surface area contributed by atoms with E-state index in [0.717, 1.165) is 24.1 Å². The van der Waals surface area contributed by atoms with E-state index in [-0.39, 0.29) is 23.7 Å². The lowest BCUT2D eigenvalue weighted by molar-refractivity contribution is -0.133. The van der Waals surface area contributed by atoms with Gasteiger partial charge in [-0.25, -0.2) is 18.4 Å². The maximum absolute atomic E-state index is 14.0. The number of halogens is 3. The van der Waals surface area contributed by atoms with E-state index in [0.29, 0.717) is 35.4 Å². The highest BCUT2D eigenvalue weighted by Crippen LogP contribution is 2.33. The van der Waals surface area contributed by atoms with Crippen molar-refractivity contribution in [2.75, 3.05) is 26.2 Å². The van der Waals surface area contributed by atoms with E-state index in [2.05, 4.69) is 48.1 Å². The average Bonchev–Trinajstić information content (AvgIpc) is 3.42. The number of fused-ring (bicyclic) bond motifs is 1. The van der Waals surface area contributed by atoms with E-state index < -0.39 is 6.43 Å². The summed E-state index contributed by atoms with van der Waals surface area (Å²) in [6.07, 6.45) is 0.599. The fraction of sp³-hybridized carbons (Fsp3) is 0.360. The number of amides is 1. The second kappa shape index (κ2) is 10.1. The fourth-order valence-corrected chi connectivity index (χ4v) is 5.09. The molecule has 5 rings (SSSR count). The third-order valence-corrected chi connectivity index (χ3v) is 6.94. The molecule has 0 unspecified atom stereocenters. The molecule has 0 atom stereocenters. The van der Waals surface area contributed by atoms with E-state index in [4.69, 9.17) is 0 Å². The largest absolute Gasteiger partial charge is 0.339 e.